The van der Waals surface area contributed by atoms with E-state index in [4.69, 9.17) is 4.52 Å². The van der Waals surface area contributed by atoms with E-state index in [0.717, 1.165) is 37.6 Å². The minimum atomic E-state index is 0.355. The average molecular weight is 209 g/mol. The molecule has 1 aromatic rings. The number of piperidine rings is 1. The highest BCUT2D eigenvalue weighted by atomic mass is 16.5. The van der Waals surface area contributed by atoms with Crippen LogP contribution in [0.3, 0.4) is 0 Å². The predicted molar refractivity (Wildman–Crippen MR) is 57.9 cm³/mol. The topological polar surface area (TPSA) is 42.2 Å². The van der Waals surface area contributed by atoms with Crippen molar-refractivity contribution in [2.45, 2.75) is 38.5 Å². The molecule has 0 bridgehead atoms. The van der Waals surface area contributed by atoms with Crippen LogP contribution in [0.15, 0.2) is 4.52 Å². The van der Waals surface area contributed by atoms with Crippen LogP contribution < -0.4 is 0 Å². The quantitative estimate of drug-likeness (QED) is 0.747. The Morgan fingerprint density at radius 2 is 2.00 bits per heavy atom. The zero-order valence-corrected chi connectivity index (χ0v) is 9.73. The Hall–Kier alpha value is -0.900. The highest BCUT2D eigenvalue weighted by Crippen LogP contribution is 2.26. The van der Waals surface area contributed by atoms with E-state index in [-0.39, 0.29) is 0 Å². The van der Waals surface area contributed by atoms with Crippen molar-refractivity contribution in [1.29, 1.82) is 0 Å². The summed E-state index contributed by atoms with van der Waals surface area (Å²) < 4.78 is 5.32. The minimum absolute atomic E-state index is 0.355. The number of hydrogen-bond acceptors (Lipinski definition) is 4. The fraction of sp³-hybridized carbons (Fsp3) is 0.818. The third-order valence-corrected chi connectivity index (χ3v) is 3.04. The van der Waals surface area contributed by atoms with E-state index in [1.807, 2.05) is 0 Å². The summed E-state index contributed by atoms with van der Waals surface area (Å²) in [6.45, 7) is 6.43. The lowest BCUT2D eigenvalue weighted by Crippen LogP contribution is -2.29. The van der Waals surface area contributed by atoms with Gasteiger partial charge in [0.1, 0.15) is 0 Å². The largest absolute Gasteiger partial charge is 0.339 e. The molecule has 2 rings (SSSR count). The second kappa shape index (κ2) is 4.31. The summed E-state index contributed by atoms with van der Waals surface area (Å²) in [6, 6.07) is 0. The second-order valence-electron chi connectivity index (χ2n) is 4.72. The van der Waals surface area contributed by atoms with Gasteiger partial charge in [-0.3, -0.25) is 0 Å². The zero-order chi connectivity index (χ0) is 10.8. The lowest BCUT2D eigenvalue weighted by atomic mass is 9.97. The number of likely N-dealkylation sites (tertiary alicyclic amines) is 1. The van der Waals surface area contributed by atoms with Crippen LogP contribution in [-0.4, -0.2) is 35.2 Å². The van der Waals surface area contributed by atoms with Gasteiger partial charge in [0.2, 0.25) is 5.89 Å². The first-order valence-corrected chi connectivity index (χ1v) is 5.69. The molecule has 15 heavy (non-hydrogen) atoms. The van der Waals surface area contributed by atoms with Gasteiger partial charge in [0.05, 0.1) is 0 Å². The molecule has 84 valence electrons. The SMILES string of the molecule is CC(C)c1noc(C2CCN(C)CC2)n1. The van der Waals surface area contributed by atoms with Crippen molar-refractivity contribution in [3.8, 4) is 0 Å². The molecule has 1 saturated heterocycles. The molecular weight excluding hydrogens is 190 g/mol. The summed E-state index contributed by atoms with van der Waals surface area (Å²) in [6.07, 6.45) is 2.27. The van der Waals surface area contributed by atoms with Crippen LogP contribution in [-0.2, 0) is 0 Å². The standard InChI is InChI=1S/C11H19N3O/c1-8(2)10-12-11(15-13-10)9-4-6-14(3)7-5-9/h8-9H,4-7H2,1-3H3. The molecule has 4 nitrogen and oxygen atoms in total. The van der Waals surface area contributed by atoms with Gasteiger partial charge in [0.15, 0.2) is 5.82 Å². The van der Waals surface area contributed by atoms with Crippen LogP contribution in [0.4, 0.5) is 0 Å². The molecule has 0 amide bonds. The van der Waals surface area contributed by atoms with Crippen molar-refractivity contribution in [1.82, 2.24) is 15.0 Å². The Balaban J connectivity index is 2.03. The van der Waals surface area contributed by atoms with Crippen LogP contribution in [0.2, 0.25) is 0 Å². The van der Waals surface area contributed by atoms with E-state index >= 15 is 0 Å². The summed E-state index contributed by atoms with van der Waals surface area (Å²) in [7, 11) is 2.16. The van der Waals surface area contributed by atoms with E-state index in [1.165, 1.54) is 0 Å². The molecule has 1 aromatic heterocycles. The van der Waals surface area contributed by atoms with Gasteiger partial charge in [-0.2, -0.15) is 4.98 Å². The lowest BCUT2D eigenvalue weighted by molar-refractivity contribution is 0.227. The monoisotopic (exact) mass is 209 g/mol. The van der Waals surface area contributed by atoms with E-state index < -0.39 is 0 Å². The van der Waals surface area contributed by atoms with Gasteiger partial charge in [0.25, 0.3) is 0 Å². The van der Waals surface area contributed by atoms with E-state index in [1.54, 1.807) is 0 Å². The molecular formula is C11H19N3O. The number of rotatable bonds is 2. The Kier molecular flexibility index (Phi) is 3.05. The Bertz CT molecular complexity index is 313. The van der Waals surface area contributed by atoms with Crippen LogP contribution >= 0.6 is 0 Å². The summed E-state index contributed by atoms with van der Waals surface area (Å²) in [5, 5.41) is 4.01. The van der Waals surface area contributed by atoms with Gasteiger partial charge < -0.3 is 9.42 Å². The first kappa shape index (κ1) is 10.6. The van der Waals surface area contributed by atoms with Crippen molar-refractivity contribution in [2.75, 3.05) is 20.1 Å². The van der Waals surface area contributed by atoms with Crippen LogP contribution in [0.5, 0.6) is 0 Å². The third-order valence-electron chi connectivity index (χ3n) is 3.04. The fourth-order valence-corrected chi connectivity index (χ4v) is 1.90. The Morgan fingerprint density at radius 1 is 1.33 bits per heavy atom. The van der Waals surface area contributed by atoms with Gasteiger partial charge in [-0.15, -0.1) is 0 Å². The number of nitrogens with zero attached hydrogens (tertiary/aromatic N) is 3. The van der Waals surface area contributed by atoms with Gasteiger partial charge in [-0.05, 0) is 33.0 Å². The summed E-state index contributed by atoms with van der Waals surface area (Å²) in [4.78, 5) is 6.81. The van der Waals surface area contributed by atoms with Crippen molar-refractivity contribution < 1.29 is 4.52 Å². The maximum Gasteiger partial charge on any atom is 0.229 e. The Morgan fingerprint density at radius 3 is 2.53 bits per heavy atom. The van der Waals surface area contributed by atoms with Gasteiger partial charge in [0, 0.05) is 11.8 Å². The third kappa shape index (κ3) is 2.37. The molecule has 1 aliphatic rings. The van der Waals surface area contributed by atoms with E-state index in [2.05, 4.69) is 35.9 Å². The summed E-state index contributed by atoms with van der Waals surface area (Å²) in [5.41, 5.74) is 0. The number of aromatic nitrogens is 2. The molecule has 0 spiro atoms. The van der Waals surface area contributed by atoms with Crippen molar-refractivity contribution >= 4 is 0 Å². The van der Waals surface area contributed by atoms with Crippen LogP contribution in [0.1, 0.15) is 50.2 Å². The second-order valence-corrected chi connectivity index (χ2v) is 4.72. The highest BCUT2D eigenvalue weighted by molar-refractivity contribution is 4.98. The molecule has 0 atom stereocenters. The molecule has 0 saturated carbocycles. The number of hydrogen-bond donors (Lipinski definition) is 0. The lowest BCUT2D eigenvalue weighted by Gasteiger charge is -2.26. The van der Waals surface area contributed by atoms with Crippen LogP contribution in [0.25, 0.3) is 0 Å². The normalized spacial score (nSPS) is 20.0. The zero-order valence-electron chi connectivity index (χ0n) is 9.73. The van der Waals surface area contributed by atoms with Crippen LogP contribution in [0, 0.1) is 0 Å². The van der Waals surface area contributed by atoms with Gasteiger partial charge in [-0.1, -0.05) is 19.0 Å². The van der Waals surface area contributed by atoms with E-state index in [0.29, 0.717) is 11.8 Å². The maximum atomic E-state index is 5.32. The molecule has 0 N–H and O–H groups in total. The minimum Gasteiger partial charge on any atom is -0.339 e. The molecule has 4 heteroatoms. The van der Waals surface area contributed by atoms with Crippen molar-refractivity contribution in [3.63, 3.8) is 0 Å². The molecule has 0 radical (unpaired) electrons. The van der Waals surface area contributed by atoms with Gasteiger partial charge >= 0.3 is 0 Å². The summed E-state index contributed by atoms with van der Waals surface area (Å²) in [5.74, 6) is 2.51. The fourth-order valence-electron chi connectivity index (χ4n) is 1.90. The Labute approximate surface area is 90.7 Å². The van der Waals surface area contributed by atoms with Crippen molar-refractivity contribution in [3.05, 3.63) is 11.7 Å². The molecule has 1 aliphatic heterocycles. The molecule has 2 heterocycles. The molecule has 0 aliphatic carbocycles. The first-order chi connectivity index (χ1) is 7.16. The predicted octanol–water partition coefficient (Wildman–Crippen LogP) is 2.00. The first-order valence-electron chi connectivity index (χ1n) is 5.69. The maximum absolute atomic E-state index is 5.32. The molecule has 0 unspecified atom stereocenters. The average Bonchev–Trinajstić information content (AvgIpc) is 2.68. The molecule has 1 fully saturated rings. The highest BCUT2D eigenvalue weighted by Gasteiger charge is 2.23. The van der Waals surface area contributed by atoms with E-state index in [9.17, 15) is 0 Å². The van der Waals surface area contributed by atoms with Gasteiger partial charge in [-0.25, -0.2) is 0 Å². The smallest absolute Gasteiger partial charge is 0.229 e. The summed E-state index contributed by atoms with van der Waals surface area (Å²) >= 11 is 0. The van der Waals surface area contributed by atoms with Crippen molar-refractivity contribution in [2.24, 2.45) is 0 Å². The molecule has 0 aromatic carbocycles.